The third kappa shape index (κ3) is 2.59. The van der Waals surface area contributed by atoms with Crippen LogP contribution in [-0.4, -0.2) is 10.4 Å². The first-order chi connectivity index (χ1) is 8.59. The van der Waals surface area contributed by atoms with E-state index in [0.717, 1.165) is 10.2 Å². The van der Waals surface area contributed by atoms with E-state index in [1.165, 1.54) is 10.6 Å². The average molecular weight is 306 g/mol. The molecule has 1 aromatic heterocycles. The van der Waals surface area contributed by atoms with Gasteiger partial charge in [0.25, 0.3) is 5.56 Å². The van der Waals surface area contributed by atoms with Crippen molar-refractivity contribution in [1.82, 2.24) is 4.57 Å². The van der Waals surface area contributed by atoms with Gasteiger partial charge >= 0.3 is 0 Å². The summed E-state index contributed by atoms with van der Waals surface area (Å²) in [5.74, 6) is -0.0844. The van der Waals surface area contributed by atoms with Crippen LogP contribution in [0.4, 0.5) is 0 Å². The largest absolute Gasteiger partial charge is 0.305 e. The number of halogens is 1. The third-order valence-corrected chi connectivity index (χ3v) is 3.44. The minimum Gasteiger partial charge on any atom is -0.305 e. The number of aromatic nitrogens is 1. The van der Waals surface area contributed by atoms with Crippen LogP contribution in [0, 0.1) is 6.92 Å². The van der Waals surface area contributed by atoms with Gasteiger partial charge in [-0.1, -0.05) is 40.2 Å². The summed E-state index contributed by atoms with van der Waals surface area (Å²) in [6.07, 6.45) is 0. The standard InChI is InChI=1S/C14H12BrNO2/c1-10-5-4-8-14(18)16(10)9-13(17)11-6-2-3-7-12(11)15/h2-8H,9H2,1H3. The Labute approximate surface area is 113 Å². The Morgan fingerprint density at radius 3 is 2.56 bits per heavy atom. The lowest BCUT2D eigenvalue weighted by Gasteiger charge is -2.09. The molecule has 0 radical (unpaired) electrons. The molecule has 0 fully saturated rings. The number of benzene rings is 1. The molecule has 0 aliphatic carbocycles. The zero-order chi connectivity index (χ0) is 13.1. The Kier molecular flexibility index (Phi) is 3.77. The summed E-state index contributed by atoms with van der Waals surface area (Å²) in [4.78, 5) is 23.8. The van der Waals surface area contributed by atoms with Crippen molar-refractivity contribution in [3.8, 4) is 0 Å². The summed E-state index contributed by atoms with van der Waals surface area (Å²) in [5.41, 5.74) is 1.21. The van der Waals surface area contributed by atoms with E-state index in [-0.39, 0.29) is 17.9 Å². The van der Waals surface area contributed by atoms with Crippen LogP contribution in [-0.2, 0) is 6.54 Å². The van der Waals surface area contributed by atoms with Gasteiger partial charge in [-0.25, -0.2) is 0 Å². The van der Waals surface area contributed by atoms with E-state index in [0.29, 0.717) is 5.56 Å². The molecule has 1 heterocycles. The summed E-state index contributed by atoms with van der Waals surface area (Å²) in [7, 11) is 0. The van der Waals surface area contributed by atoms with Gasteiger partial charge < -0.3 is 4.57 Å². The highest BCUT2D eigenvalue weighted by Gasteiger charge is 2.11. The molecule has 0 aliphatic rings. The molecular formula is C14H12BrNO2. The van der Waals surface area contributed by atoms with Crippen LogP contribution < -0.4 is 5.56 Å². The average Bonchev–Trinajstić information content (AvgIpc) is 2.34. The van der Waals surface area contributed by atoms with Crippen molar-refractivity contribution in [1.29, 1.82) is 0 Å². The number of hydrogen-bond donors (Lipinski definition) is 0. The molecule has 0 atom stereocenters. The van der Waals surface area contributed by atoms with Crippen LogP contribution in [0.3, 0.4) is 0 Å². The summed E-state index contributed by atoms with van der Waals surface area (Å²) in [5, 5.41) is 0. The fourth-order valence-electron chi connectivity index (χ4n) is 1.74. The number of Topliss-reactive ketones (excluding diaryl/α,β-unsaturated/α-hetero) is 1. The second-order valence-corrected chi connectivity index (χ2v) is 4.85. The summed E-state index contributed by atoms with van der Waals surface area (Å²) >= 11 is 3.34. The number of carbonyl (C=O) groups is 1. The van der Waals surface area contributed by atoms with Gasteiger partial charge in [0.2, 0.25) is 0 Å². The maximum Gasteiger partial charge on any atom is 0.251 e. The second kappa shape index (κ2) is 5.31. The van der Waals surface area contributed by atoms with Gasteiger partial charge in [0.05, 0.1) is 6.54 Å². The predicted octanol–water partition coefficient (Wildman–Crippen LogP) is 2.80. The van der Waals surface area contributed by atoms with Crippen molar-refractivity contribution >= 4 is 21.7 Å². The second-order valence-electron chi connectivity index (χ2n) is 3.99. The molecule has 1 aromatic carbocycles. The van der Waals surface area contributed by atoms with Crippen LogP contribution in [0.25, 0.3) is 0 Å². The molecule has 2 aromatic rings. The number of carbonyl (C=O) groups excluding carboxylic acids is 1. The molecule has 0 spiro atoms. The molecular weight excluding hydrogens is 294 g/mol. The number of nitrogens with zero attached hydrogens (tertiary/aromatic N) is 1. The van der Waals surface area contributed by atoms with E-state index in [9.17, 15) is 9.59 Å². The van der Waals surface area contributed by atoms with Crippen LogP contribution in [0.15, 0.2) is 51.7 Å². The monoisotopic (exact) mass is 305 g/mol. The van der Waals surface area contributed by atoms with Crippen LogP contribution in [0.2, 0.25) is 0 Å². The Morgan fingerprint density at radius 1 is 1.17 bits per heavy atom. The molecule has 0 amide bonds. The zero-order valence-corrected chi connectivity index (χ0v) is 11.5. The lowest BCUT2D eigenvalue weighted by molar-refractivity contribution is 0.0969. The minimum atomic E-state index is -0.157. The fraction of sp³-hybridized carbons (Fsp3) is 0.143. The molecule has 0 bridgehead atoms. The van der Waals surface area contributed by atoms with E-state index in [1.54, 1.807) is 18.2 Å². The highest BCUT2D eigenvalue weighted by molar-refractivity contribution is 9.10. The van der Waals surface area contributed by atoms with Crippen molar-refractivity contribution in [2.24, 2.45) is 0 Å². The minimum absolute atomic E-state index is 0.0636. The molecule has 3 nitrogen and oxygen atoms in total. The summed E-state index contributed by atoms with van der Waals surface area (Å²) in [6.45, 7) is 1.88. The molecule has 0 aliphatic heterocycles. The van der Waals surface area contributed by atoms with Crippen molar-refractivity contribution < 1.29 is 4.79 Å². The Hall–Kier alpha value is -1.68. The Balaban J connectivity index is 2.33. The van der Waals surface area contributed by atoms with Crippen molar-refractivity contribution in [3.63, 3.8) is 0 Å². The lowest BCUT2D eigenvalue weighted by atomic mass is 10.1. The quantitative estimate of drug-likeness (QED) is 0.818. The van der Waals surface area contributed by atoms with Crippen molar-refractivity contribution in [2.45, 2.75) is 13.5 Å². The van der Waals surface area contributed by atoms with Gasteiger partial charge in [0.15, 0.2) is 5.78 Å². The lowest BCUT2D eigenvalue weighted by Crippen LogP contribution is -2.25. The fourth-order valence-corrected chi connectivity index (χ4v) is 2.25. The maximum absolute atomic E-state index is 12.1. The molecule has 92 valence electrons. The first kappa shape index (κ1) is 12.8. The van der Waals surface area contributed by atoms with E-state index < -0.39 is 0 Å². The van der Waals surface area contributed by atoms with Gasteiger partial charge in [0, 0.05) is 21.8 Å². The van der Waals surface area contributed by atoms with E-state index in [4.69, 9.17) is 0 Å². The van der Waals surface area contributed by atoms with Crippen LogP contribution in [0.5, 0.6) is 0 Å². The van der Waals surface area contributed by atoms with Gasteiger partial charge in [0.1, 0.15) is 0 Å². The number of rotatable bonds is 3. The highest BCUT2D eigenvalue weighted by atomic mass is 79.9. The van der Waals surface area contributed by atoms with Gasteiger partial charge in [-0.05, 0) is 19.1 Å². The SMILES string of the molecule is Cc1cccc(=O)n1CC(=O)c1ccccc1Br. The molecule has 0 N–H and O–H groups in total. The van der Waals surface area contributed by atoms with Crippen molar-refractivity contribution in [2.75, 3.05) is 0 Å². The third-order valence-electron chi connectivity index (χ3n) is 2.74. The molecule has 4 heteroatoms. The predicted molar refractivity (Wildman–Crippen MR) is 73.9 cm³/mol. The zero-order valence-electron chi connectivity index (χ0n) is 9.89. The van der Waals surface area contributed by atoms with E-state index >= 15 is 0 Å². The first-order valence-electron chi connectivity index (χ1n) is 5.54. The van der Waals surface area contributed by atoms with Gasteiger partial charge in [-0.3, -0.25) is 9.59 Å². The maximum atomic E-state index is 12.1. The Bertz CT molecular complexity index is 646. The molecule has 0 saturated carbocycles. The topological polar surface area (TPSA) is 39.1 Å². The number of aryl methyl sites for hydroxylation is 1. The van der Waals surface area contributed by atoms with Crippen molar-refractivity contribution in [3.05, 3.63) is 68.5 Å². The summed E-state index contributed by atoms with van der Waals surface area (Å²) < 4.78 is 2.22. The number of hydrogen-bond acceptors (Lipinski definition) is 2. The molecule has 0 saturated heterocycles. The first-order valence-corrected chi connectivity index (χ1v) is 6.33. The van der Waals surface area contributed by atoms with E-state index in [1.807, 2.05) is 25.1 Å². The van der Waals surface area contributed by atoms with Gasteiger partial charge in [-0.15, -0.1) is 0 Å². The van der Waals surface area contributed by atoms with Crippen LogP contribution >= 0.6 is 15.9 Å². The molecule has 0 unspecified atom stereocenters. The highest BCUT2D eigenvalue weighted by Crippen LogP contribution is 2.16. The molecule has 18 heavy (non-hydrogen) atoms. The van der Waals surface area contributed by atoms with E-state index in [2.05, 4.69) is 15.9 Å². The molecule has 2 rings (SSSR count). The summed E-state index contributed by atoms with van der Waals surface area (Å²) in [6, 6.07) is 12.2. The number of pyridine rings is 1. The smallest absolute Gasteiger partial charge is 0.251 e. The number of ketones is 1. The van der Waals surface area contributed by atoms with Crippen LogP contribution in [0.1, 0.15) is 16.1 Å². The van der Waals surface area contributed by atoms with Gasteiger partial charge in [-0.2, -0.15) is 0 Å². The normalized spacial score (nSPS) is 10.3. The Morgan fingerprint density at radius 2 is 1.89 bits per heavy atom.